The molecule has 2 aromatic rings. The lowest BCUT2D eigenvalue weighted by Gasteiger charge is -2.33. The van der Waals surface area contributed by atoms with E-state index in [9.17, 15) is 33.9 Å². The summed E-state index contributed by atoms with van der Waals surface area (Å²) in [5.74, 6) is -4.59. The number of carbonyl (C=O) groups excluding carboxylic acids is 6. The fraction of sp³-hybridized carbons (Fsp3) is 0.595. The van der Waals surface area contributed by atoms with Crippen LogP contribution < -0.4 is 43.8 Å². The second kappa shape index (κ2) is 19.9. The van der Waals surface area contributed by atoms with E-state index in [1.807, 2.05) is 31.2 Å². The Labute approximate surface area is 320 Å². The second-order valence-electron chi connectivity index (χ2n) is 14.4. The average molecular weight is 768 g/mol. The third kappa shape index (κ3) is 11.2. The normalized spacial score (nSPS) is 25.7. The summed E-state index contributed by atoms with van der Waals surface area (Å²) >= 11 is 0. The lowest BCUT2D eigenvalue weighted by Crippen LogP contribution is -2.63. The average Bonchev–Trinajstić information content (AvgIpc) is 3.81. The number of nitrogens with zero attached hydrogens (tertiary/aromatic N) is 2. The summed E-state index contributed by atoms with van der Waals surface area (Å²) in [5, 5.41) is 25.2. The largest absolute Gasteiger partial charge is 0.391 e. The molecule has 0 saturated carbocycles. The molecule has 13 N–H and O–H groups in total. The van der Waals surface area contributed by atoms with Crippen molar-refractivity contribution < 1.29 is 33.9 Å². The number of benzene rings is 1. The van der Waals surface area contributed by atoms with Crippen molar-refractivity contribution in [2.45, 2.75) is 114 Å². The molecule has 2 aliphatic rings. The molecule has 0 unspecified atom stereocenters. The van der Waals surface area contributed by atoms with Gasteiger partial charge in [-0.25, -0.2) is 0 Å². The zero-order valence-electron chi connectivity index (χ0n) is 31.8. The van der Waals surface area contributed by atoms with Crippen LogP contribution in [-0.2, 0) is 35.2 Å². The van der Waals surface area contributed by atoms with Gasteiger partial charge < -0.3 is 58.8 Å². The van der Waals surface area contributed by atoms with Crippen LogP contribution in [0.25, 0.3) is 10.9 Å². The maximum absolute atomic E-state index is 14.5. The number of amides is 6. The number of fused-ring (bicyclic) bond motifs is 2. The van der Waals surface area contributed by atoms with E-state index in [4.69, 9.17) is 17.2 Å². The first-order chi connectivity index (χ1) is 26.2. The minimum atomic E-state index is -1.47. The van der Waals surface area contributed by atoms with Crippen LogP contribution >= 0.6 is 0 Å². The van der Waals surface area contributed by atoms with Crippen molar-refractivity contribution in [3.8, 4) is 0 Å². The highest BCUT2D eigenvalue weighted by Crippen LogP contribution is 2.24. The van der Waals surface area contributed by atoms with E-state index in [0.717, 1.165) is 16.5 Å². The molecule has 1 aromatic heterocycles. The Hall–Kier alpha value is -5.23. The van der Waals surface area contributed by atoms with Crippen LogP contribution in [0.2, 0.25) is 0 Å². The smallest absolute Gasteiger partial charge is 0.246 e. The Morgan fingerprint density at radius 3 is 2.13 bits per heavy atom. The number of aromatic amines is 1. The van der Waals surface area contributed by atoms with Crippen LogP contribution in [0, 0.1) is 5.92 Å². The molecule has 55 heavy (non-hydrogen) atoms. The van der Waals surface area contributed by atoms with E-state index in [2.05, 4.69) is 36.6 Å². The van der Waals surface area contributed by atoms with Gasteiger partial charge >= 0.3 is 0 Å². The van der Waals surface area contributed by atoms with Gasteiger partial charge in [0.15, 0.2) is 5.96 Å². The number of aromatic nitrogens is 1. The minimum Gasteiger partial charge on any atom is -0.391 e. The number of aliphatic imine (C=N–C) groups is 1. The number of nitrogens with one attached hydrogen (secondary N) is 6. The first kappa shape index (κ1) is 42.5. The Kier molecular flexibility index (Phi) is 15.4. The van der Waals surface area contributed by atoms with E-state index in [-0.39, 0.29) is 57.7 Å². The van der Waals surface area contributed by atoms with E-state index in [0.29, 0.717) is 19.3 Å². The molecular formula is C37H57N11O7. The summed E-state index contributed by atoms with van der Waals surface area (Å²) in [6.45, 7) is 5.46. The fourth-order valence-corrected chi connectivity index (χ4v) is 6.99. The van der Waals surface area contributed by atoms with Gasteiger partial charge in [-0.2, -0.15) is 0 Å². The van der Waals surface area contributed by atoms with Gasteiger partial charge in [0, 0.05) is 36.6 Å². The Balaban J connectivity index is 1.78. The third-order valence-electron chi connectivity index (χ3n) is 10.3. The number of H-pyrrole nitrogens is 1. The predicted molar refractivity (Wildman–Crippen MR) is 206 cm³/mol. The monoisotopic (exact) mass is 767 g/mol. The quantitative estimate of drug-likeness (QED) is 0.0668. The van der Waals surface area contributed by atoms with E-state index in [1.165, 1.54) is 11.8 Å². The first-order valence-electron chi connectivity index (χ1n) is 19.1. The van der Waals surface area contributed by atoms with Crippen molar-refractivity contribution in [1.29, 1.82) is 0 Å². The zero-order valence-corrected chi connectivity index (χ0v) is 31.8. The molecule has 302 valence electrons. The highest BCUT2D eigenvalue weighted by Gasteiger charge is 2.41. The second-order valence-corrected chi connectivity index (χ2v) is 14.4. The lowest BCUT2D eigenvalue weighted by atomic mass is 9.96. The van der Waals surface area contributed by atoms with Crippen LogP contribution in [0.3, 0.4) is 0 Å². The molecular weight excluding hydrogens is 710 g/mol. The first-order valence-corrected chi connectivity index (χ1v) is 19.1. The molecule has 0 spiro atoms. The van der Waals surface area contributed by atoms with Gasteiger partial charge in [-0.3, -0.25) is 33.8 Å². The number of carbonyl (C=O) groups is 6. The summed E-state index contributed by atoms with van der Waals surface area (Å²) in [6.07, 6.45) is 2.41. The van der Waals surface area contributed by atoms with Gasteiger partial charge in [0.25, 0.3) is 0 Å². The SMILES string of the molecule is CC[C@H](C)[C@@H]1NC(=O)[C@H]([C@@H](C)O)NC(=O)[C@H]2CCCN2C(=O)[C@H](Cc2c[nH]c3ccccc23)NC(=O)[C@H](CCCN=C(N)N)NC(=O)[C@@H](CCCN)NC1=O. The maximum atomic E-state index is 14.5. The maximum Gasteiger partial charge on any atom is 0.246 e. The van der Waals surface area contributed by atoms with Crippen molar-refractivity contribution >= 4 is 52.3 Å². The molecule has 2 fully saturated rings. The highest BCUT2D eigenvalue weighted by molar-refractivity contribution is 5.99. The molecule has 0 aliphatic carbocycles. The topological polar surface area (TPSA) is 292 Å². The molecule has 8 atom stereocenters. The highest BCUT2D eigenvalue weighted by atomic mass is 16.3. The number of hydrogen-bond donors (Lipinski definition) is 10. The summed E-state index contributed by atoms with van der Waals surface area (Å²) in [6, 6.07) is 0.305. The van der Waals surface area contributed by atoms with Crippen LogP contribution in [-0.4, -0.2) is 118 Å². The molecule has 1 aromatic carbocycles. The number of para-hydroxylation sites is 1. The summed E-state index contributed by atoms with van der Waals surface area (Å²) in [7, 11) is 0. The predicted octanol–water partition coefficient (Wildman–Crippen LogP) is -1.64. The van der Waals surface area contributed by atoms with Crippen molar-refractivity contribution in [3.63, 3.8) is 0 Å². The molecule has 6 amide bonds. The van der Waals surface area contributed by atoms with Crippen LogP contribution in [0.1, 0.15) is 71.3 Å². The van der Waals surface area contributed by atoms with Crippen LogP contribution in [0.15, 0.2) is 35.5 Å². The molecule has 3 heterocycles. The van der Waals surface area contributed by atoms with Crippen molar-refractivity contribution in [2.24, 2.45) is 28.1 Å². The molecule has 0 bridgehead atoms. The Bertz CT molecular complexity index is 1710. The molecule has 4 rings (SSSR count). The third-order valence-corrected chi connectivity index (χ3v) is 10.3. The number of hydrogen-bond acceptors (Lipinski definition) is 9. The van der Waals surface area contributed by atoms with E-state index in [1.54, 1.807) is 13.1 Å². The Morgan fingerprint density at radius 1 is 0.855 bits per heavy atom. The van der Waals surface area contributed by atoms with Gasteiger partial charge in [0.2, 0.25) is 35.4 Å². The lowest BCUT2D eigenvalue weighted by molar-refractivity contribution is -0.143. The van der Waals surface area contributed by atoms with Gasteiger partial charge in [0.05, 0.1) is 6.10 Å². The van der Waals surface area contributed by atoms with Crippen LogP contribution in [0.4, 0.5) is 0 Å². The van der Waals surface area contributed by atoms with Crippen LogP contribution in [0.5, 0.6) is 0 Å². The van der Waals surface area contributed by atoms with Gasteiger partial charge in [-0.05, 0) is 69.5 Å². The summed E-state index contributed by atoms with van der Waals surface area (Å²) < 4.78 is 0. The van der Waals surface area contributed by atoms with Gasteiger partial charge in [-0.15, -0.1) is 0 Å². The molecule has 2 aliphatic heterocycles. The number of rotatable bonds is 12. The molecule has 0 radical (unpaired) electrons. The molecule has 2 saturated heterocycles. The standard InChI is InChI=1S/C37H57N11O7/c1-4-20(2)29-34(53)44-25(12-7-15-38)31(50)43-26(13-8-16-41-37(39)40)32(51)45-27(18-22-19-42-24-11-6-5-10-23(22)24)36(55)48-17-9-14-28(48)33(52)47-30(21(3)49)35(54)46-29/h5-6,10-11,19-21,25-30,42,49H,4,7-9,12-18,38H2,1-3H3,(H,43,50)(H,44,53)(H,45,51)(H,46,54)(H,47,52)(H4,39,40,41)/t20-,21+,25+,26-,27-,28+,29-,30-/m0/s1. The number of guanidine groups is 1. The molecule has 18 nitrogen and oxygen atoms in total. The van der Waals surface area contributed by atoms with Gasteiger partial charge in [0.1, 0.15) is 36.3 Å². The zero-order chi connectivity index (χ0) is 40.2. The van der Waals surface area contributed by atoms with Crippen molar-refractivity contribution in [3.05, 3.63) is 36.0 Å². The summed E-state index contributed by atoms with van der Waals surface area (Å²) in [5.41, 5.74) is 18.3. The van der Waals surface area contributed by atoms with Gasteiger partial charge in [-0.1, -0.05) is 38.5 Å². The number of nitrogens with two attached hydrogens (primary N) is 3. The van der Waals surface area contributed by atoms with Crippen molar-refractivity contribution in [2.75, 3.05) is 19.6 Å². The summed E-state index contributed by atoms with van der Waals surface area (Å²) in [4.78, 5) is 92.7. The number of aliphatic hydroxyl groups excluding tert-OH is 1. The Morgan fingerprint density at radius 2 is 1.47 bits per heavy atom. The van der Waals surface area contributed by atoms with Crippen molar-refractivity contribution in [1.82, 2.24) is 36.5 Å². The molecule has 18 heteroatoms. The van der Waals surface area contributed by atoms with E-state index >= 15 is 0 Å². The minimum absolute atomic E-state index is 0.0407. The fourth-order valence-electron chi connectivity index (χ4n) is 6.99. The van der Waals surface area contributed by atoms with E-state index < -0.39 is 83.7 Å². The number of aliphatic hydroxyl groups is 1.